The van der Waals surface area contributed by atoms with Crippen molar-refractivity contribution in [3.63, 3.8) is 0 Å². The summed E-state index contributed by atoms with van der Waals surface area (Å²) >= 11 is 1.59. The molecule has 3 saturated heterocycles. The van der Waals surface area contributed by atoms with Gasteiger partial charge in [-0.1, -0.05) is 13.8 Å². The molecule has 1 aromatic rings. The summed E-state index contributed by atoms with van der Waals surface area (Å²) in [6.45, 7) is 4.95. The number of thioether (sulfide) groups is 1. The van der Waals surface area contributed by atoms with Gasteiger partial charge in [-0.15, -0.1) is 11.8 Å². The molecule has 3 aliphatic heterocycles. The first-order valence-electron chi connectivity index (χ1n) is 10.0. The van der Waals surface area contributed by atoms with Crippen LogP contribution in [0.25, 0.3) is 0 Å². The molecular weight excluding hydrogens is 394 g/mol. The molecule has 3 unspecified atom stereocenters. The summed E-state index contributed by atoms with van der Waals surface area (Å²) in [4.78, 5) is 41.8. The quantitative estimate of drug-likeness (QED) is 0.686. The molecule has 4 amide bonds. The second kappa shape index (κ2) is 8.27. The summed E-state index contributed by atoms with van der Waals surface area (Å²) < 4.78 is 5.42. The fourth-order valence-electron chi connectivity index (χ4n) is 3.97. The highest BCUT2D eigenvalue weighted by Crippen LogP contribution is 2.39. The van der Waals surface area contributed by atoms with Gasteiger partial charge in [0.05, 0.1) is 18.8 Å². The van der Waals surface area contributed by atoms with Gasteiger partial charge in [-0.25, -0.2) is 9.80 Å². The smallest absolute Gasteiger partial charge is 0.337 e. The van der Waals surface area contributed by atoms with Crippen LogP contribution in [0.15, 0.2) is 22.8 Å². The van der Waals surface area contributed by atoms with Gasteiger partial charge >= 0.3 is 6.03 Å². The zero-order valence-corrected chi connectivity index (χ0v) is 17.5. The zero-order valence-electron chi connectivity index (χ0n) is 16.7. The van der Waals surface area contributed by atoms with Crippen LogP contribution < -0.4 is 10.7 Å². The normalized spacial score (nSPS) is 26.3. The Balaban J connectivity index is 1.48. The topological polar surface area (TPSA) is 98.1 Å². The van der Waals surface area contributed by atoms with E-state index in [1.165, 1.54) is 5.01 Å². The highest BCUT2D eigenvalue weighted by atomic mass is 32.2. The van der Waals surface area contributed by atoms with E-state index in [0.717, 1.165) is 18.6 Å². The third-order valence-electron chi connectivity index (χ3n) is 5.48. The minimum atomic E-state index is -0.608. The van der Waals surface area contributed by atoms with Gasteiger partial charge in [0, 0.05) is 6.54 Å². The van der Waals surface area contributed by atoms with Crippen molar-refractivity contribution in [2.45, 2.75) is 50.8 Å². The van der Waals surface area contributed by atoms with Crippen molar-refractivity contribution in [3.05, 3.63) is 24.2 Å². The molecule has 29 heavy (non-hydrogen) atoms. The number of nitrogens with zero attached hydrogens (tertiary/aromatic N) is 3. The summed E-state index contributed by atoms with van der Waals surface area (Å²) in [5, 5.41) is 3.91. The van der Waals surface area contributed by atoms with Gasteiger partial charge in [0.2, 0.25) is 11.8 Å². The van der Waals surface area contributed by atoms with Gasteiger partial charge < -0.3 is 9.73 Å². The first kappa shape index (κ1) is 20.1. The number of hydrazine groups is 1. The van der Waals surface area contributed by atoms with E-state index in [1.54, 1.807) is 33.9 Å². The van der Waals surface area contributed by atoms with Gasteiger partial charge in [-0.2, -0.15) is 5.43 Å². The predicted octanol–water partition coefficient (Wildman–Crippen LogP) is 1.18. The molecule has 3 aliphatic rings. The predicted molar refractivity (Wildman–Crippen MR) is 107 cm³/mol. The van der Waals surface area contributed by atoms with Gasteiger partial charge in [0.1, 0.15) is 17.6 Å². The Morgan fingerprint density at radius 3 is 2.97 bits per heavy atom. The second-order valence-corrected chi connectivity index (χ2v) is 9.25. The van der Waals surface area contributed by atoms with Crippen LogP contribution in [0.4, 0.5) is 4.79 Å². The minimum absolute atomic E-state index is 0.00122. The SMILES string of the molecule is CC(C)CCNC(=O)CN1NC2N(Cc3ccco3)C(=O)C3SCCC3N2C1=O. The standard InChI is InChI=1S/C19H27N5O4S/c1-12(2)5-7-20-15(25)11-23-19(27)24-14-6-9-29-16(14)17(26)22(18(24)21-23)10-13-4-3-8-28-13/h3-4,8,12,14,16,18,21H,5-7,9-11H2,1-2H3,(H,20,25). The first-order chi connectivity index (χ1) is 14.0. The number of fused-ring (bicyclic) bond motifs is 3. The number of hydrogen-bond acceptors (Lipinski definition) is 6. The molecule has 0 bridgehead atoms. The van der Waals surface area contributed by atoms with Crippen LogP contribution in [0.5, 0.6) is 0 Å². The van der Waals surface area contributed by atoms with E-state index >= 15 is 0 Å². The van der Waals surface area contributed by atoms with Gasteiger partial charge in [0.25, 0.3) is 0 Å². The summed E-state index contributed by atoms with van der Waals surface area (Å²) in [7, 11) is 0. The lowest BCUT2D eigenvalue weighted by Crippen LogP contribution is -2.65. The number of rotatable bonds is 7. The van der Waals surface area contributed by atoms with Crippen molar-refractivity contribution >= 4 is 29.6 Å². The van der Waals surface area contributed by atoms with E-state index in [4.69, 9.17) is 4.42 Å². The van der Waals surface area contributed by atoms with E-state index in [-0.39, 0.29) is 42.2 Å². The molecule has 9 nitrogen and oxygen atoms in total. The number of nitrogens with one attached hydrogen (secondary N) is 2. The van der Waals surface area contributed by atoms with Crippen molar-refractivity contribution in [2.24, 2.45) is 5.92 Å². The van der Waals surface area contributed by atoms with Crippen LogP contribution in [0.1, 0.15) is 32.4 Å². The molecular formula is C19H27N5O4S. The number of furan rings is 1. The Bertz CT molecular complexity index is 771. The number of amides is 4. The maximum Gasteiger partial charge on any atom is 0.337 e. The van der Waals surface area contributed by atoms with E-state index in [0.29, 0.717) is 18.2 Å². The molecule has 2 N–H and O–H groups in total. The Labute approximate surface area is 174 Å². The molecule has 4 rings (SSSR count). The second-order valence-electron chi connectivity index (χ2n) is 8.00. The molecule has 0 spiro atoms. The van der Waals surface area contributed by atoms with Crippen LogP contribution in [0, 0.1) is 5.92 Å². The van der Waals surface area contributed by atoms with Crippen molar-refractivity contribution in [1.82, 2.24) is 25.6 Å². The Hall–Kier alpha value is -2.20. The molecule has 158 valence electrons. The highest BCUT2D eigenvalue weighted by Gasteiger charge is 2.56. The summed E-state index contributed by atoms with van der Waals surface area (Å²) in [6.07, 6.45) is 2.61. The Kier molecular flexibility index (Phi) is 5.73. The van der Waals surface area contributed by atoms with Crippen LogP contribution in [0.3, 0.4) is 0 Å². The van der Waals surface area contributed by atoms with Gasteiger partial charge in [0.15, 0.2) is 6.29 Å². The summed E-state index contributed by atoms with van der Waals surface area (Å²) in [5.41, 5.74) is 3.08. The van der Waals surface area contributed by atoms with Crippen molar-refractivity contribution < 1.29 is 18.8 Å². The molecule has 0 radical (unpaired) electrons. The molecule has 1 aromatic heterocycles. The summed E-state index contributed by atoms with van der Waals surface area (Å²) in [6, 6.07) is 3.17. The third-order valence-corrected chi connectivity index (χ3v) is 6.82. The number of carbonyl (C=O) groups is 3. The van der Waals surface area contributed by atoms with Crippen molar-refractivity contribution in [2.75, 3.05) is 18.8 Å². The van der Waals surface area contributed by atoms with Crippen LogP contribution in [-0.4, -0.2) is 69.1 Å². The van der Waals surface area contributed by atoms with Gasteiger partial charge in [-0.05, 0) is 36.6 Å². The monoisotopic (exact) mass is 421 g/mol. The van der Waals surface area contributed by atoms with Gasteiger partial charge in [-0.3, -0.25) is 19.4 Å². The molecule has 0 aliphatic carbocycles. The lowest BCUT2D eigenvalue weighted by molar-refractivity contribution is -0.145. The maximum absolute atomic E-state index is 13.1. The molecule has 3 atom stereocenters. The lowest BCUT2D eigenvalue weighted by Gasteiger charge is -2.43. The fourth-order valence-corrected chi connectivity index (χ4v) is 5.37. The summed E-state index contributed by atoms with van der Waals surface area (Å²) in [5.74, 6) is 1.76. The fraction of sp³-hybridized carbons (Fsp3) is 0.632. The molecule has 0 aromatic carbocycles. The highest BCUT2D eigenvalue weighted by molar-refractivity contribution is 8.00. The largest absolute Gasteiger partial charge is 0.467 e. The maximum atomic E-state index is 13.1. The van der Waals surface area contributed by atoms with Crippen LogP contribution >= 0.6 is 11.8 Å². The number of urea groups is 1. The van der Waals surface area contributed by atoms with E-state index < -0.39 is 6.29 Å². The lowest BCUT2D eigenvalue weighted by atomic mass is 10.1. The average molecular weight is 422 g/mol. The van der Waals surface area contributed by atoms with Crippen molar-refractivity contribution in [1.29, 1.82) is 0 Å². The first-order valence-corrected chi connectivity index (χ1v) is 11.1. The van der Waals surface area contributed by atoms with Crippen molar-refractivity contribution in [3.8, 4) is 0 Å². The Morgan fingerprint density at radius 1 is 1.41 bits per heavy atom. The van der Waals surface area contributed by atoms with Crippen LogP contribution in [-0.2, 0) is 16.1 Å². The average Bonchev–Trinajstić information content (AvgIpc) is 3.40. The molecule has 4 heterocycles. The van der Waals surface area contributed by atoms with E-state index in [1.807, 2.05) is 6.07 Å². The van der Waals surface area contributed by atoms with E-state index in [2.05, 4.69) is 24.6 Å². The Morgan fingerprint density at radius 2 is 2.24 bits per heavy atom. The van der Waals surface area contributed by atoms with E-state index in [9.17, 15) is 14.4 Å². The number of hydrogen-bond donors (Lipinski definition) is 2. The minimum Gasteiger partial charge on any atom is -0.467 e. The molecule has 0 saturated carbocycles. The van der Waals surface area contributed by atoms with Crippen LogP contribution in [0.2, 0.25) is 0 Å². The zero-order chi connectivity index (χ0) is 20.5. The molecule has 10 heteroatoms. The third kappa shape index (κ3) is 3.95. The molecule has 3 fully saturated rings. The number of carbonyl (C=O) groups excluding carboxylic acids is 3.